The molecule has 0 aliphatic heterocycles. The zero-order valence-corrected chi connectivity index (χ0v) is 15.4. The summed E-state index contributed by atoms with van der Waals surface area (Å²) in [4.78, 5) is 0. The standard InChI is InChI=1S/C22H34FN/c1-2-4-18-7-11-20(12-8-18)15-16-21-13-9-19(10-14-21)5-3-6-22(23)17-24/h6,15-16,18-21H,2-5,7-14H2,1H3. The second-order valence-electron chi connectivity index (χ2n) is 7.98. The van der Waals surface area contributed by atoms with Gasteiger partial charge in [-0.1, -0.05) is 31.9 Å². The molecular weight excluding hydrogens is 297 g/mol. The third-order valence-electron chi connectivity index (χ3n) is 6.14. The number of hydrogen-bond acceptors (Lipinski definition) is 1. The molecule has 0 aromatic carbocycles. The van der Waals surface area contributed by atoms with E-state index in [0.717, 1.165) is 30.1 Å². The molecule has 0 saturated heterocycles. The van der Waals surface area contributed by atoms with Crippen LogP contribution in [0.5, 0.6) is 0 Å². The van der Waals surface area contributed by atoms with Crippen LogP contribution in [0.15, 0.2) is 24.1 Å². The first-order valence-corrected chi connectivity index (χ1v) is 10.1. The molecule has 2 rings (SSSR count). The van der Waals surface area contributed by atoms with Gasteiger partial charge in [-0.3, -0.25) is 0 Å². The number of allylic oxidation sites excluding steroid dienone is 4. The maximum atomic E-state index is 12.8. The maximum Gasteiger partial charge on any atom is 0.196 e. The molecule has 0 unspecified atom stereocenters. The van der Waals surface area contributed by atoms with Crippen LogP contribution in [-0.2, 0) is 0 Å². The minimum absolute atomic E-state index is 0.625. The summed E-state index contributed by atoms with van der Waals surface area (Å²) in [5.74, 6) is 2.69. The highest BCUT2D eigenvalue weighted by molar-refractivity contribution is 5.11. The van der Waals surface area contributed by atoms with Crippen molar-refractivity contribution in [2.24, 2.45) is 23.7 Å². The number of nitriles is 1. The molecule has 0 heterocycles. The molecule has 0 bridgehead atoms. The van der Waals surface area contributed by atoms with Gasteiger partial charge in [0.2, 0.25) is 0 Å². The van der Waals surface area contributed by atoms with Gasteiger partial charge in [-0.05, 0) is 94.0 Å². The molecule has 2 fully saturated rings. The zero-order valence-electron chi connectivity index (χ0n) is 15.4. The lowest BCUT2D eigenvalue weighted by Crippen LogP contribution is -2.15. The second-order valence-corrected chi connectivity index (χ2v) is 7.98. The average molecular weight is 332 g/mol. The normalized spacial score (nSPS) is 32.0. The van der Waals surface area contributed by atoms with Gasteiger partial charge in [0, 0.05) is 0 Å². The molecule has 0 radical (unpaired) electrons. The largest absolute Gasteiger partial charge is 0.196 e. The monoisotopic (exact) mass is 331 g/mol. The van der Waals surface area contributed by atoms with Crippen LogP contribution in [0.2, 0.25) is 0 Å². The van der Waals surface area contributed by atoms with Crippen LogP contribution in [0.1, 0.15) is 84.0 Å². The second kappa shape index (κ2) is 10.7. The SMILES string of the molecule is CCCC1CCC(C=CC2CCC(CCC=C(F)C#N)CC2)CC1. The van der Waals surface area contributed by atoms with Gasteiger partial charge in [-0.25, -0.2) is 0 Å². The highest BCUT2D eigenvalue weighted by Gasteiger charge is 2.21. The van der Waals surface area contributed by atoms with Gasteiger partial charge in [-0.15, -0.1) is 0 Å². The Kier molecular flexibility index (Phi) is 8.57. The molecule has 24 heavy (non-hydrogen) atoms. The number of rotatable bonds is 7. The Hall–Kier alpha value is -1.10. The van der Waals surface area contributed by atoms with Gasteiger partial charge in [0.05, 0.1) is 0 Å². The molecule has 2 aliphatic rings. The van der Waals surface area contributed by atoms with Gasteiger partial charge >= 0.3 is 0 Å². The Morgan fingerprint density at radius 2 is 1.42 bits per heavy atom. The predicted octanol–water partition coefficient (Wildman–Crippen LogP) is 7.11. The first-order valence-electron chi connectivity index (χ1n) is 10.1. The molecule has 0 amide bonds. The van der Waals surface area contributed by atoms with E-state index in [4.69, 9.17) is 5.26 Å². The summed E-state index contributed by atoms with van der Waals surface area (Å²) >= 11 is 0. The van der Waals surface area contributed by atoms with E-state index in [2.05, 4.69) is 19.1 Å². The third-order valence-corrected chi connectivity index (χ3v) is 6.14. The maximum absolute atomic E-state index is 12.8. The highest BCUT2D eigenvalue weighted by atomic mass is 19.1. The molecule has 2 heteroatoms. The van der Waals surface area contributed by atoms with E-state index in [1.807, 2.05) is 0 Å². The first-order chi connectivity index (χ1) is 11.7. The Morgan fingerprint density at radius 1 is 0.917 bits per heavy atom. The molecular formula is C22H34FN. The first kappa shape index (κ1) is 19.2. The molecule has 1 nitrogen and oxygen atoms in total. The van der Waals surface area contributed by atoms with Gasteiger partial charge in [-0.2, -0.15) is 9.65 Å². The van der Waals surface area contributed by atoms with E-state index in [9.17, 15) is 4.39 Å². The number of nitrogens with zero attached hydrogens (tertiary/aromatic N) is 1. The van der Waals surface area contributed by atoms with Crippen molar-refractivity contribution in [2.75, 3.05) is 0 Å². The topological polar surface area (TPSA) is 23.8 Å². The van der Waals surface area contributed by atoms with Crippen LogP contribution in [0.4, 0.5) is 4.39 Å². The summed E-state index contributed by atoms with van der Waals surface area (Å²) in [6.07, 6.45) is 21.8. The molecule has 134 valence electrons. The van der Waals surface area contributed by atoms with Crippen LogP contribution in [-0.4, -0.2) is 0 Å². The molecule has 2 aliphatic carbocycles. The van der Waals surface area contributed by atoms with Gasteiger partial charge in [0.15, 0.2) is 5.83 Å². The fraction of sp³-hybridized carbons (Fsp3) is 0.773. The fourth-order valence-corrected chi connectivity index (χ4v) is 4.55. The van der Waals surface area contributed by atoms with Gasteiger partial charge < -0.3 is 0 Å². The van der Waals surface area contributed by atoms with E-state index in [0.29, 0.717) is 6.42 Å². The van der Waals surface area contributed by atoms with Crippen molar-refractivity contribution in [3.05, 3.63) is 24.1 Å². The van der Waals surface area contributed by atoms with Gasteiger partial charge in [0.1, 0.15) is 6.07 Å². The summed E-state index contributed by atoms with van der Waals surface area (Å²) in [5.41, 5.74) is 0. The van der Waals surface area contributed by atoms with Crippen molar-refractivity contribution in [3.63, 3.8) is 0 Å². The van der Waals surface area contributed by atoms with Crippen molar-refractivity contribution >= 4 is 0 Å². The number of halogens is 1. The molecule has 0 aromatic rings. The Labute approximate surface area is 148 Å². The van der Waals surface area contributed by atoms with Gasteiger partial charge in [0.25, 0.3) is 0 Å². The Bertz CT molecular complexity index is 443. The van der Waals surface area contributed by atoms with E-state index < -0.39 is 5.83 Å². The predicted molar refractivity (Wildman–Crippen MR) is 99.0 cm³/mol. The van der Waals surface area contributed by atoms with Crippen molar-refractivity contribution in [3.8, 4) is 6.07 Å². The minimum Gasteiger partial charge on any atom is -0.195 e. The van der Waals surface area contributed by atoms with E-state index >= 15 is 0 Å². The highest BCUT2D eigenvalue weighted by Crippen LogP contribution is 2.35. The van der Waals surface area contributed by atoms with E-state index in [1.54, 1.807) is 6.07 Å². The molecule has 0 N–H and O–H groups in total. The summed E-state index contributed by atoms with van der Waals surface area (Å²) in [5, 5.41) is 8.41. The average Bonchev–Trinajstić information content (AvgIpc) is 2.62. The summed E-state index contributed by atoms with van der Waals surface area (Å²) in [6, 6.07) is 1.55. The summed E-state index contributed by atoms with van der Waals surface area (Å²) in [6.45, 7) is 2.30. The Morgan fingerprint density at radius 3 is 1.88 bits per heavy atom. The molecule has 0 aromatic heterocycles. The Balaban J connectivity index is 1.62. The van der Waals surface area contributed by atoms with Crippen molar-refractivity contribution in [1.29, 1.82) is 5.26 Å². The lowest BCUT2D eigenvalue weighted by atomic mass is 9.77. The smallest absolute Gasteiger partial charge is 0.195 e. The lowest BCUT2D eigenvalue weighted by molar-refractivity contribution is 0.285. The number of hydrogen-bond donors (Lipinski definition) is 0. The lowest BCUT2D eigenvalue weighted by Gasteiger charge is -2.28. The minimum atomic E-state index is -0.625. The van der Waals surface area contributed by atoms with Crippen LogP contribution in [0, 0.1) is 35.0 Å². The quantitative estimate of drug-likeness (QED) is 0.360. The summed E-state index contributed by atoms with van der Waals surface area (Å²) < 4.78 is 12.8. The molecule has 2 saturated carbocycles. The van der Waals surface area contributed by atoms with Crippen LogP contribution in [0.3, 0.4) is 0 Å². The van der Waals surface area contributed by atoms with Crippen LogP contribution >= 0.6 is 0 Å². The van der Waals surface area contributed by atoms with Crippen LogP contribution in [0.25, 0.3) is 0 Å². The van der Waals surface area contributed by atoms with E-state index in [1.165, 1.54) is 70.3 Å². The fourth-order valence-electron chi connectivity index (χ4n) is 4.55. The zero-order chi connectivity index (χ0) is 17.2. The van der Waals surface area contributed by atoms with E-state index in [-0.39, 0.29) is 0 Å². The molecule has 0 spiro atoms. The van der Waals surface area contributed by atoms with Crippen molar-refractivity contribution in [1.82, 2.24) is 0 Å². The van der Waals surface area contributed by atoms with Crippen LogP contribution < -0.4 is 0 Å². The summed E-state index contributed by atoms with van der Waals surface area (Å²) in [7, 11) is 0. The third kappa shape index (κ3) is 6.80. The molecule has 0 atom stereocenters. The van der Waals surface area contributed by atoms with Crippen molar-refractivity contribution in [2.45, 2.75) is 84.0 Å². The van der Waals surface area contributed by atoms with Crippen molar-refractivity contribution < 1.29 is 4.39 Å².